The van der Waals surface area contributed by atoms with Crippen LogP contribution in [-0.2, 0) is 6.54 Å². The van der Waals surface area contributed by atoms with E-state index < -0.39 is 0 Å². The van der Waals surface area contributed by atoms with Crippen molar-refractivity contribution in [1.29, 1.82) is 0 Å². The monoisotopic (exact) mass is 135 g/mol. The normalized spacial score (nSPS) is 9.70. The van der Waals surface area contributed by atoms with Gasteiger partial charge in [-0.3, -0.25) is 4.98 Å². The maximum absolute atomic E-state index is 4.18. The maximum Gasteiger partial charge on any atom is 0.225 e. The van der Waals surface area contributed by atoms with Gasteiger partial charge in [-0.2, -0.15) is 0 Å². The van der Waals surface area contributed by atoms with E-state index >= 15 is 0 Å². The van der Waals surface area contributed by atoms with E-state index in [-0.39, 0.29) is 0 Å². The summed E-state index contributed by atoms with van der Waals surface area (Å²) in [5.74, 6) is 0. The SMILES string of the molecule is CC[N+]Cc1ccccn1. The van der Waals surface area contributed by atoms with Crippen LogP contribution in [0.4, 0.5) is 0 Å². The second kappa shape index (κ2) is 4.01. The average Bonchev–Trinajstić information content (AvgIpc) is 2.03. The second-order valence-corrected chi connectivity index (χ2v) is 2.02. The van der Waals surface area contributed by atoms with Gasteiger partial charge in [-0.1, -0.05) is 6.07 Å². The first-order valence-corrected chi connectivity index (χ1v) is 3.46. The first-order valence-electron chi connectivity index (χ1n) is 3.46. The van der Waals surface area contributed by atoms with E-state index in [2.05, 4.69) is 10.3 Å². The summed E-state index contributed by atoms with van der Waals surface area (Å²) in [7, 11) is 0. The van der Waals surface area contributed by atoms with Crippen LogP contribution in [0.1, 0.15) is 12.6 Å². The molecule has 2 heteroatoms. The van der Waals surface area contributed by atoms with Crippen molar-refractivity contribution in [2.24, 2.45) is 0 Å². The molecule has 0 saturated heterocycles. The zero-order chi connectivity index (χ0) is 7.23. The molecule has 2 radical (unpaired) electrons. The van der Waals surface area contributed by atoms with Gasteiger partial charge in [0.2, 0.25) is 6.54 Å². The summed E-state index contributed by atoms with van der Waals surface area (Å²) >= 11 is 0. The van der Waals surface area contributed by atoms with Crippen LogP contribution in [0.5, 0.6) is 0 Å². The van der Waals surface area contributed by atoms with Gasteiger partial charge in [-0.25, -0.2) is 0 Å². The smallest absolute Gasteiger partial charge is 0.225 e. The molecule has 0 N–H and O–H groups in total. The van der Waals surface area contributed by atoms with Crippen LogP contribution in [0.15, 0.2) is 24.4 Å². The molecule has 0 atom stereocenters. The molecule has 0 bridgehead atoms. The lowest BCUT2D eigenvalue weighted by molar-refractivity contribution is 0.695. The molecule has 1 aromatic heterocycles. The van der Waals surface area contributed by atoms with Gasteiger partial charge in [0.25, 0.3) is 0 Å². The van der Waals surface area contributed by atoms with Crippen LogP contribution in [-0.4, -0.2) is 11.5 Å². The van der Waals surface area contributed by atoms with E-state index in [9.17, 15) is 0 Å². The summed E-state index contributed by atoms with van der Waals surface area (Å²) in [6.07, 6.45) is 1.79. The minimum atomic E-state index is 0.747. The van der Waals surface area contributed by atoms with Crippen LogP contribution in [0.25, 0.3) is 0 Å². The average molecular weight is 135 g/mol. The summed E-state index contributed by atoms with van der Waals surface area (Å²) in [6, 6.07) is 5.88. The van der Waals surface area contributed by atoms with E-state index in [4.69, 9.17) is 0 Å². The topological polar surface area (TPSA) is 27.0 Å². The van der Waals surface area contributed by atoms with Crippen LogP contribution in [0.3, 0.4) is 0 Å². The molecular weight excluding hydrogens is 124 g/mol. The fraction of sp³-hybridized carbons (Fsp3) is 0.375. The molecular formula is C8H11N2+. The van der Waals surface area contributed by atoms with Crippen molar-refractivity contribution in [2.75, 3.05) is 6.54 Å². The minimum absolute atomic E-state index is 0.747. The summed E-state index contributed by atoms with van der Waals surface area (Å²) in [4.78, 5) is 4.12. The van der Waals surface area contributed by atoms with Crippen molar-refractivity contribution in [3.63, 3.8) is 0 Å². The fourth-order valence-corrected chi connectivity index (χ4v) is 0.718. The Bertz CT molecular complexity index is 172. The van der Waals surface area contributed by atoms with Crippen LogP contribution < -0.4 is 5.32 Å². The van der Waals surface area contributed by atoms with E-state index in [1.807, 2.05) is 25.1 Å². The summed E-state index contributed by atoms with van der Waals surface area (Å²) in [6.45, 7) is 3.65. The van der Waals surface area contributed by atoms with Crippen LogP contribution in [0.2, 0.25) is 0 Å². The van der Waals surface area contributed by atoms with E-state index in [1.165, 1.54) is 0 Å². The van der Waals surface area contributed by atoms with Gasteiger partial charge in [0.1, 0.15) is 5.69 Å². The minimum Gasteiger partial charge on any atom is -0.255 e. The molecule has 10 heavy (non-hydrogen) atoms. The molecule has 0 aromatic carbocycles. The highest BCUT2D eigenvalue weighted by molar-refractivity contribution is 5.02. The third kappa shape index (κ3) is 2.15. The van der Waals surface area contributed by atoms with Gasteiger partial charge in [0, 0.05) is 6.20 Å². The highest BCUT2D eigenvalue weighted by Crippen LogP contribution is 1.91. The van der Waals surface area contributed by atoms with Crippen molar-refractivity contribution >= 4 is 0 Å². The zero-order valence-electron chi connectivity index (χ0n) is 6.12. The molecule has 0 amide bonds. The van der Waals surface area contributed by atoms with Gasteiger partial charge in [0.15, 0.2) is 6.54 Å². The van der Waals surface area contributed by atoms with Gasteiger partial charge in [0.05, 0.1) is 5.32 Å². The molecule has 0 aliphatic carbocycles. The number of hydrogen-bond donors (Lipinski definition) is 0. The first kappa shape index (κ1) is 7.22. The molecule has 1 rings (SSSR count). The molecule has 0 saturated carbocycles. The Balaban J connectivity index is 2.43. The number of aromatic nitrogens is 1. The number of pyridine rings is 1. The van der Waals surface area contributed by atoms with Crippen molar-refractivity contribution in [3.8, 4) is 0 Å². The van der Waals surface area contributed by atoms with Crippen LogP contribution >= 0.6 is 0 Å². The Kier molecular flexibility index (Phi) is 2.90. The molecule has 0 unspecified atom stereocenters. The Labute approximate surface area is 61.3 Å². The molecule has 0 fully saturated rings. The molecule has 0 aliphatic heterocycles. The first-order chi connectivity index (χ1) is 4.93. The van der Waals surface area contributed by atoms with Gasteiger partial charge in [-0.05, 0) is 19.1 Å². The lowest BCUT2D eigenvalue weighted by atomic mass is 10.3. The molecule has 1 aromatic rings. The molecule has 2 nitrogen and oxygen atoms in total. The Morgan fingerprint density at radius 3 is 3.00 bits per heavy atom. The zero-order valence-corrected chi connectivity index (χ0v) is 6.12. The molecule has 0 spiro atoms. The standard InChI is InChI=1S/C8H11N2/c1-2-9-7-8-5-3-4-6-10-8/h3-6H,2,7H2,1H3/q+1. The molecule has 52 valence electrons. The van der Waals surface area contributed by atoms with E-state index in [0.717, 1.165) is 18.8 Å². The maximum atomic E-state index is 4.18. The van der Waals surface area contributed by atoms with E-state index in [1.54, 1.807) is 6.20 Å². The van der Waals surface area contributed by atoms with Gasteiger partial charge < -0.3 is 0 Å². The lowest BCUT2D eigenvalue weighted by Gasteiger charge is -1.86. The highest BCUT2D eigenvalue weighted by atomic mass is 14.9. The summed E-state index contributed by atoms with van der Waals surface area (Å²) in [5.41, 5.74) is 1.05. The third-order valence-corrected chi connectivity index (χ3v) is 1.22. The summed E-state index contributed by atoms with van der Waals surface area (Å²) in [5, 5.41) is 4.18. The Morgan fingerprint density at radius 1 is 1.50 bits per heavy atom. The predicted octanol–water partition coefficient (Wildman–Crippen LogP) is 1.21. The van der Waals surface area contributed by atoms with Gasteiger partial charge >= 0.3 is 0 Å². The number of rotatable bonds is 3. The van der Waals surface area contributed by atoms with Crippen LogP contribution in [0, 0.1) is 0 Å². The van der Waals surface area contributed by atoms with Crippen molar-refractivity contribution < 1.29 is 0 Å². The van der Waals surface area contributed by atoms with Gasteiger partial charge in [-0.15, -0.1) is 0 Å². The van der Waals surface area contributed by atoms with Crippen molar-refractivity contribution in [3.05, 3.63) is 30.1 Å². The quantitative estimate of drug-likeness (QED) is 0.612. The predicted molar refractivity (Wildman–Crippen MR) is 40.6 cm³/mol. The Hall–Kier alpha value is -0.890. The summed E-state index contributed by atoms with van der Waals surface area (Å²) < 4.78 is 0. The van der Waals surface area contributed by atoms with Crippen molar-refractivity contribution in [1.82, 2.24) is 10.3 Å². The largest absolute Gasteiger partial charge is 0.255 e. The van der Waals surface area contributed by atoms with Crippen molar-refractivity contribution in [2.45, 2.75) is 13.5 Å². The number of nitrogens with zero attached hydrogens (tertiary/aromatic N) is 2. The Morgan fingerprint density at radius 2 is 2.40 bits per heavy atom. The highest BCUT2D eigenvalue weighted by Gasteiger charge is 2.00. The molecule has 1 heterocycles. The second-order valence-electron chi connectivity index (χ2n) is 2.02. The lowest BCUT2D eigenvalue weighted by Crippen LogP contribution is -2.04. The molecule has 0 aliphatic rings. The third-order valence-electron chi connectivity index (χ3n) is 1.22. The number of hydrogen-bond acceptors (Lipinski definition) is 1. The van der Waals surface area contributed by atoms with E-state index in [0.29, 0.717) is 0 Å². The fourth-order valence-electron chi connectivity index (χ4n) is 0.718.